The summed E-state index contributed by atoms with van der Waals surface area (Å²) in [4.78, 5) is 28.3. The highest BCUT2D eigenvalue weighted by Crippen LogP contribution is 2.19. The van der Waals surface area contributed by atoms with Crippen molar-refractivity contribution in [2.75, 3.05) is 31.1 Å². The molecule has 1 N–H and O–H groups in total. The quantitative estimate of drug-likeness (QED) is 0.789. The van der Waals surface area contributed by atoms with Gasteiger partial charge in [0.1, 0.15) is 6.04 Å². The molecule has 136 valence electrons. The predicted octanol–water partition coefficient (Wildman–Crippen LogP) is 3.19. The molecule has 0 spiro atoms. The average molecular weight is 373 g/mol. The lowest BCUT2D eigenvalue weighted by molar-refractivity contribution is -0.143. The molecule has 0 bridgehead atoms. The Hall–Kier alpha value is -2.37. The first-order valence-electron chi connectivity index (χ1n) is 8.60. The van der Waals surface area contributed by atoms with E-state index < -0.39 is 12.0 Å². The third-order valence-electron chi connectivity index (χ3n) is 4.71. The van der Waals surface area contributed by atoms with Gasteiger partial charge in [-0.05, 0) is 36.4 Å². The van der Waals surface area contributed by atoms with Gasteiger partial charge in [-0.1, -0.05) is 29.8 Å². The van der Waals surface area contributed by atoms with Gasteiger partial charge >= 0.3 is 5.97 Å². The number of halogens is 1. The van der Waals surface area contributed by atoms with E-state index in [1.54, 1.807) is 24.3 Å². The van der Waals surface area contributed by atoms with Crippen molar-refractivity contribution in [1.29, 1.82) is 0 Å². The number of Topliss-reactive ketones (excluding diaryl/α,β-unsaturated/α-hetero) is 1. The number of hydrogen-bond acceptors (Lipinski definition) is 4. The molecule has 3 rings (SSSR count). The third kappa shape index (κ3) is 4.42. The molecule has 2 aromatic carbocycles. The number of benzene rings is 2. The van der Waals surface area contributed by atoms with Gasteiger partial charge in [0.05, 0.1) is 0 Å². The minimum atomic E-state index is -0.958. The topological polar surface area (TPSA) is 60.9 Å². The van der Waals surface area contributed by atoms with E-state index >= 15 is 0 Å². The molecule has 26 heavy (non-hydrogen) atoms. The summed E-state index contributed by atoms with van der Waals surface area (Å²) in [6.45, 7) is 2.70. The van der Waals surface area contributed by atoms with E-state index in [1.165, 1.54) is 0 Å². The molecule has 0 amide bonds. The molecule has 0 saturated carbocycles. The minimum Gasteiger partial charge on any atom is -0.480 e. The second-order valence-corrected chi connectivity index (χ2v) is 6.78. The Labute approximate surface area is 157 Å². The van der Waals surface area contributed by atoms with Gasteiger partial charge in [-0.25, -0.2) is 0 Å². The van der Waals surface area contributed by atoms with Crippen molar-refractivity contribution in [3.63, 3.8) is 0 Å². The molecule has 0 radical (unpaired) electrons. The van der Waals surface area contributed by atoms with Crippen molar-refractivity contribution in [3.8, 4) is 0 Å². The highest BCUT2D eigenvalue weighted by molar-refractivity contribution is 6.30. The number of anilines is 1. The lowest BCUT2D eigenvalue weighted by Gasteiger charge is -2.38. The predicted molar refractivity (Wildman–Crippen MR) is 102 cm³/mol. The maximum absolute atomic E-state index is 12.5. The van der Waals surface area contributed by atoms with Crippen LogP contribution in [-0.2, 0) is 4.79 Å². The highest BCUT2D eigenvalue weighted by Gasteiger charge is 2.31. The van der Waals surface area contributed by atoms with Crippen molar-refractivity contribution in [1.82, 2.24) is 4.90 Å². The lowest BCUT2D eigenvalue weighted by Crippen LogP contribution is -2.53. The van der Waals surface area contributed by atoms with E-state index in [1.807, 2.05) is 35.2 Å². The van der Waals surface area contributed by atoms with Crippen LogP contribution in [0.3, 0.4) is 0 Å². The van der Waals surface area contributed by atoms with Crippen LogP contribution in [0.25, 0.3) is 0 Å². The van der Waals surface area contributed by atoms with Crippen LogP contribution in [0.1, 0.15) is 16.8 Å². The van der Waals surface area contributed by atoms with Crippen LogP contribution >= 0.6 is 11.6 Å². The second-order valence-electron chi connectivity index (χ2n) is 6.35. The smallest absolute Gasteiger partial charge is 0.321 e. The van der Waals surface area contributed by atoms with Crippen LogP contribution in [0.4, 0.5) is 5.69 Å². The monoisotopic (exact) mass is 372 g/mol. The number of para-hydroxylation sites is 1. The van der Waals surface area contributed by atoms with Gasteiger partial charge in [0.15, 0.2) is 5.78 Å². The number of piperazine rings is 1. The summed E-state index contributed by atoms with van der Waals surface area (Å²) in [5, 5.41) is 10.2. The molecule has 1 heterocycles. The molecular formula is C20H21ClN2O3. The Morgan fingerprint density at radius 1 is 0.962 bits per heavy atom. The molecule has 1 saturated heterocycles. The molecule has 1 fully saturated rings. The van der Waals surface area contributed by atoms with Crippen LogP contribution in [0.5, 0.6) is 0 Å². The van der Waals surface area contributed by atoms with Crippen molar-refractivity contribution in [2.45, 2.75) is 12.5 Å². The summed E-state index contributed by atoms with van der Waals surface area (Å²) >= 11 is 5.84. The zero-order valence-electron chi connectivity index (χ0n) is 14.3. The number of carbonyl (C=O) groups excluding carboxylic acids is 1. The summed E-state index contributed by atoms with van der Waals surface area (Å²) in [6, 6.07) is 15.8. The van der Waals surface area contributed by atoms with Gasteiger partial charge < -0.3 is 10.0 Å². The summed E-state index contributed by atoms with van der Waals surface area (Å²) in [6.07, 6.45) is -0.0394. The van der Waals surface area contributed by atoms with Crippen LogP contribution in [0, 0.1) is 0 Å². The Morgan fingerprint density at radius 3 is 2.15 bits per heavy atom. The van der Waals surface area contributed by atoms with E-state index in [4.69, 9.17) is 11.6 Å². The number of rotatable bonds is 6. The van der Waals surface area contributed by atoms with Crippen molar-refractivity contribution >= 4 is 29.0 Å². The molecular weight excluding hydrogens is 352 g/mol. The first-order valence-corrected chi connectivity index (χ1v) is 8.98. The van der Waals surface area contributed by atoms with Crippen molar-refractivity contribution < 1.29 is 14.7 Å². The number of hydrogen-bond donors (Lipinski definition) is 1. The number of aliphatic carboxylic acids is 1. The maximum atomic E-state index is 12.5. The minimum absolute atomic E-state index is 0.0394. The summed E-state index contributed by atoms with van der Waals surface area (Å²) in [7, 11) is 0. The van der Waals surface area contributed by atoms with E-state index in [-0.39, 0.29) is 12.2 Å². The van der Waals surface area contributed by atoms with Crippen molar-refractivity contribution in [3.05, 3.63) is 65.2 Å². The number of carbonyl (C=O) groups is 2. The molecule has 5 nitrogen and oxygen atoms in total. The van der Waals surface area contributed by atoms with Gasteiger partial charge in [0.25, 0.3) is 0 Å². The normalized spacial score (nSPS) is 16.3. The highest BCUT2D eigenvalue weighted by atomic mass is 35.5. The molecule has 1 unspecified atom stereocenters. The van der Waals surface area contributed by atoms with E-state index in [0.717, 1.165) is 18.8 Å². The lowest BCUT2D eigenvalue weighted by atomic mass is 10.0. The molecule has 0 aromatic heterocycles. The molecule has 2 aromatic rings. The Kier molecular flexibility index (Phi) is 5.91. The van der Waals surface area contributed by atoms with Gasteiger partial charge in [0.2, 0.25) is 0 Å². The summed E-state index contributed by atoms with van der Waals surface area (Å²) in [5.74, 6) is -1.14. The number of ketones is 1. The fourth-order valence-electron chi connectivity index (χ4n) is 3.23. The van der Waals surface area contributed by atoms with Crippen LogP contribution in [0.2, 0.25) is 5.02 Å². The van der Waals surface area contributed by atoms with E-state index in [9.17, 15) is 14.7 Å². The van der Waals surface area contributed by atoms with Crippen LogP contribution < -0.4 is 4.90 Å². The fourth-order valence-corrected chi connectivity index (χ4v) is 3.36. The number of carboxylic acid groups (broad SMARTS) is 1. The van der Waals surface area contributed by atoms with E-state index in [2.05, 4.69) is 4.90 Å². The van der Waals surface area contributed by atoms with Gasteiger partial charge in [-0.15, -0.1) is 0 Å². The van der Waals surface area contributed by atoms with Gasteiger partial charge in [-0.2, -0.15) is 0 Å². The largest absolute Gasteiger partial charge is 0.480 e. The zero-order chi connectivity index (χ0) is 18.5. The van der Waals surface area contributed by atoms with E-state index in [0.29, 0.717) is 23.7 Å². The molecule has 1 aliphatic heterocycles. The third-order valence-corrected chi connectivity index (χ3v) is 4.96. The first-order chi connectivity index (χ1) is 12.5. The Balaban J connectivity index is 1.63. The molecule has 0 aliphatic carbocycles. The second kappa shape index (κ2) is 8.34. The fraction of sp³-hybridized carbons (Fsp3) is 0.300. The summed E-state index contributed by atoms with van der Waals surface area (Å²) in [5.41, 5.74) is 1.62. The average Bonchev–Trinajstić information content (AvgIpc) is 2.67. The van der Waals surface area contributed by atoms with Gasteiger partial charge in [0, 0.05) is 48.9 Å². The SMILES string of the molecule is O=C(CC(C(=O)O)N1CCN(c2ccccc2)CC1)c1ccc(Cl)cc1. The molecule has 1 aliphatic rings. The Bertz CT molecular complexity index is 756. The zero-order valence-corrected chi connectivity index (χ0v) is 15.1. The van der Waals surface area contributed by atoms with Gasteiger partial charge in [-0.3, -0.25) is 14.5 Å². The van der Waals surface area contributed by atoms with Crippen LogP contribution in [-0.4, -0.2) is 54.0 Å². The molecule has 1 atom stereocenters. The number of carboxylic acids is 1. The number of nitrogens with zero attached hydrogens (tertiary/aromatic N) is 2. The first kappa shape index (κ1) is 18.4. The summed E-state index contributed by atoms with van der Waals surface area (Å²) < 4.78 is 0. The maximum Gasteiger partial charge on any atom is 0.321 e. The molecule has 6 heteroatoms. The Morgan fingerprint density at radius 2 is 1.58 bits per heavy atom. The van der Waals surface area contributed by atoms with Crippen molar-refractivity contribution in [2.24, 2.45) is 0 Å². The standard InChI is InChI=1S/C20H21ClN2O3/c21-16-8-6-15(7-9-16)19(24)14-18(20(25)26)23-12-10-22(11-13-23)17-4-2-1-3-5-17/h1-9,18H,10-14H2,(H,25,26). The van der Waals surface area contributed by atoms with Crippen LogP contribution in [0.15, 0.2) is 54.6 Å².